The summed E-state index contributed by atoms with van der Waals surface area (Å²) in [5, 5.41) is 0. The first-order valence-electron chi connectivity index (χ1n) is 8.14. The summed E-state index contributed by atoms with van der Waals surface area (Å²) < 4.78 is 5.51. The van der Waals surface area contributed by atoms with Crippen molar-refractivity contribution in [1.82, 2.24) is 9.88 Å². The quantitative estimate of drug-likeness (QED) is 0.851. The van der Waals surface area contributed by atoms with Crippen LogP contribution in [0.4, 0.5) is 4.79 Å². The van der Waals surface area contributed by atoms with Crippen molar-refractivity contribution in [3.63, 3.8) is 0 Å². The molecule has 4 heteroatoms. The Bertz CT molecular complexity index is 657. The van der Waals surface area contributed by atoms with Crippen LogP contribution >= 0.6 is 0 Å². The van der Waals surface area contributed by atoms with E-state index in [1.165, 1.54) is 0 Å². The number of pyridine rings is 1. The molecule has 2 aromatic rings. The number of hydrogen-bond donors (Lipinski definition) is 0. The lowest BCUT2D eigenvalue weighted by Gasteiger charge is -2.34. The monoisotopic (exact) mass is 310 g/mol. The first-order valence-corrected chi connectivity index (χ1v) is 8.14. The van der Waals surface area contributed by atoms with E-state index in [1.54, 1.807) is 0 Å². The standard InChI is InChI=1S/C19H22N2O2/c1-15-10-11-20-17(13-15)18-9-5-6-12-21(18)19(22)23-14-16-7-3-2-4-8-16/h2-4,7-8,10-11,13,18H,5-6,9,12,14H2,1H3/t18-/m0/s1. The highest BCUT2D eigenvalue weighted by atomic mass is 16.6. The Labute approximate surface area is 137 Å². The van der Waals surface area contributed by atoms with E-state index < -0.39 is 0 Å². The van der Waals surface area contributed by atoms with E-state index in [-0.39, 0.29) is 12.1 Å². The summed E-state index contributed by atoms with van der Waals surface area (Å²) in [6.45, 7) is 3.09. The smallest absolute Gasteiger partial charge is 0.410 e. The van der Waals surface area contributed by atoms with Gasteiger partial charge in [-0.2, -0.15) is 0 Å². The van der Waals surface area contributed by atoms with E-state index in [1.807, 2.05) is 54.4 Å². The number of hydrogen-bond acceptors (Lipinski definition) is 3. The largest absolute Gasteiger partial charge is 0.445 e. The molecule has 1 amide bonds. The van der Waals surface area contributed by atoms with E-state index in [9.17, 15) is 4.79 Å². The predicted molar refractivity (Wildman–Crippen MR) is 88.9 cm³/mol. The molecular weight excluding hydrogens is 288 g/mol. The molecule has 120 valence electrons. The Morgan fingerprint density at radius 2 is 2.09 bits per heavy atom. The van der Waals surface area contributed by atoms with Crippen LogP contribution in [-0.2, 0) is 11.3 Å². The zero-order valence-corrected chi connectivity index (χ0v) is 13.4. The van der Waals surface area contributed by atoms with E-state index in [0.717, 1.165) is 42.6 Å². The Kier molecular flexibility index (Phi) is 4.91. The summed E-state index contributed by atoms with van der Waals surface area (Å²) in [5.41, 5.74) is 3.13. The van der Waals surface area contributed by atoms with Crippen LogP contribution in [0.3, 0.4) is 0 Å². The molecule has 0 N–H and O–H groups in total. The van der Waals surface area contributed by atoms with Crippen LogP contribution in [0.1, 0.15) is 42.1 Å². The number of benzene rings is 1. The molecule has 4 nitrogen and oxygen atoms in total. The minimum Gasteiger partial charge on any atom is -0.445 e. The molecule has 0 spiro atoms. The number of likely N-dealkylation sites (tertiary alicyclic amines) is 1. The average Bonchev–Trinajstić information content (AvgIpc) is 2.60. The summed E-state index contributed by atoms with van der Waals surface area (Å²) >= 11 is 0. The average molecular weight is 310 g/mol. The minimum absolute atomic E-state index is 0.0203. The lowest BCUT2D eigenvalue weighted by Crippen LogP contribution is -2.39. The van der Waals surface area contributed by atoms with Gasteiger partial charge in [0.1, 0.15) is 6.61 Å². The summed E-state index contributed by atoms with van der Waals surface area (Å²) in [5.74, 6) is 0. The van der Waals surface area contributed by atoms with Gasteiger partial charge in [0.25, 0.3) is 0 Å². The van der Waals surface area contributed by atoms with E-state index in [4.69, 9.17) is 4.74 Å². The van der Waals surface area contributed by atoms with Crippen LogP contribution in [0.25, 0.3) is 0 Å². The maximum absolute atomic E-state index is 12.5. The summed E-state index contributed by atoms with van der Waals surface area (Å²) in [7, 11) is 0. The van der Waals surface area contributed by atoms with Gasteiger partial charge in [0, 0.05) is 12.7 Å². The normalized spacial score (nSPS) is 17.8. The molecular formula is C19H22N2O2. The first-order chi connectivity index (χ1) is 11.2. The van der Waals surface area contributed by atoms with Gasteiger partial charge >= 0.3 is 6.09 Å². The topological polar surface area (TPSA) is 42.4 Å². The number of carbonyl (C=O) groups excluding carboxylic acids is 1. The van der Waals surface area contributed by atoms with Gasteiger partial charge in [0.2, 0.25) is 0 Å². The molecule has 0 unspecified atom stereocenters. The maximum atomic E-state index is 12.5. The molecule has 0 bridgehead atoms. The molecule has 0 radical (unpaired) electrons. The molecule has 2 heterocycles. The SMILES string of the molecule is Cc1ccnc([C@@H]2CCCCN2C(=O)OCc2ccccc2)c1. The third kappa shape index (κ3) is 3.89. The second-order valence-electron chi connectivity index (χ2n) is 6.00. The van der Waals surface area contributed by atoms with E-state index in [2.05, 4.69) is 11.1 Å². The number of amides is 1. The van der Waals surface area contributed by atoms with Gasteiger partial charge in [-0.25, -0.2) is 4.79 Å². The van der Waals surface area contributed by atoms with E-state index >= 15 is 0 Å². The maximum Gasteiger partial charge on any atom is 0.410 e. The molecule has 0 saturated carbocycles. The van der Waals surface area contributed by atoms with Crippen LogP contribution in [0.2, 0.25) is 0 Å². The highest BCUT2D eigenvalue weighted by molar-refractivity contribution is 5.68. The van der Waals surface area contributed by atoms with Crippen LogP contribution < -0.4 is 0 Å². The third-order valence-electron chi connectivity index (χ3n) is 4.22. The van der Waals surface area contributed by atoms with Gasteiger partial charge in [-0.05, 0) is 49.4 Å². The lowest BCUT2D eigenvalue weighted by atomic mass is 9.98. The van der Waals surface area contributed by atoms with E-state index in [0.29, 0.717) is 6.61 Å². The molecule has 1 aromatic carbocycles. The Morgan fingerprint density at radius 1 is 1.26 bits per heavy atom. The number of aromatic nitrogens is 1. The molecule has 1 aromatic heterocycles. The number of ether oxygens (including phenoxy) is 1. The van der Waals surface area contributed by atoms with Crippen LogP contribution in [-0.4, -0.2) is 22.5 Å². The van der Waals surface area contributed by atoms with Gasteiger partial charge in [-0.3, -0.25) is 9.88 Å². The Morgan fingerprint density at radius 3 is 2.87 bits per heavy atom. The molecule has 1 saturated heterocycles. The van der Waals surface area contributed by atoms with Crippen LogP contribution in [0.5, 0.6) is 0 Å². The molecule has 1 aliphatic rings. The zero-order chi connectivity index (χ0) is 16.1. The number of aryl methyl sites for hydroxylation is 1. The van der Waals surface area contributed by atoms with Crippen molar-refractivity contribution >= 4 is 6.09 Å². The van der Waals surface area contributed by atoms with Crippen molar-refractivity contribution in [2.24, 2.45) is 0 Å². The number of nitrogens with zero attached hydrogens (tertiary/aromatic N) is 2. The van der Waals surface area contributed by atoms with Gasteiger partial charge in [-0.1, -0.05) is 30.3 Å². The molecule has 0 aliphatic carbocycles. The van der Waals surface area contributed by atoms with Crippen LogP contribution in [0, 0.1) is 6.92 Å². The van der Waals surface area contributed by atoms with Crippen LogP contribution in [0.15, 0.2) is 48.7 Å². The predicted octanol–water partition coefficient (Wildman–Crippen LogP) is 4.25. The van der Waals surface area contributed by atoms with Crippen molar-refractivity contribution in [3.05, 3.63) is 65.5 Å². The second-order valence-corrected chi connectivity index (χ2v) is 6.00. The first kappa shape index (κ1) is 15.5. The Hall–Kier alpha value is -2.36. The second kappa shape index (κ2) is 7.27. The van der Waals surface area contributed by atoms with Gasteiger partial charge in [0.05, 0.1) is 11.7 Å². The number of piperidine rings is 1. The lowest BCUT2D eigenvalue weighted by molar-refractivity contribution is 0.0669. The molecule has 3 rings (SSSR count). The summed E-state index contributed by atoms with van der Waals surface area (Å²) in [4.78, 5) is 18.8. The molecule has 1 fully saturated rings. The fourth-order valence-corrected chi connectivity index (χ4v) is 3.00. The third-order valence-corrected chi connectivity index (χ3v) is 4.22. The highest BCUT2D eigenvalue weighted by Crippen LogP contribution is 2.30. The van der Waals surface area contributed by atoms with Crippen molar-refractivity contribution < 1.29 is 9.53 Å². The van der Waals surface area contributed by atoms with Gasteiger partial charge in [-0.15, -0.1) is 0 Å². The summed E-state index contributed by atoms with van der Waals surface area (Å²) in [6, 6.07) is 13.8. The van der Waals surface area contributed by atoms with Crippen molar-refractivity contribution in [2.45, 2.75) is 38.8 Å². The number of rotatable bonds is 3. The van der Waals surface area contributed by atoms with Crippen molar-refractivity contribution in [2.75, 3.05) is 6.54 Å². The fourth-order valence-electron chi connectivity index (χ4n) is 3.00. The highest BCUT2D eigenvalue weighted by Gasteiger charge is 2.30. The number of carbonyl (C=O) groups is 1. The van der Waals surface area contributed by atoms with Crippen molar-refractivity contribution in [3.8, 4) is 0 Å². The van der Waals surface area contributed by atoms with Gasteiger partial charge in [0.15, 0.2) is 0 Å². The molecule has 1 atom stereocenters. The molecule has 1 aliphatic heterocycles. The van der Waals surface area contributed by atoms with Crippen molar-refractivity contribution in [1.29, 1.82) is 0 Å². The summed E-state index contributed by atoms with van der Waals surface area (Å²) in [6.07, 6.45) is 4.64. The Balaban J connectivity index is 1.69. The minimum atomic E-state index is -0.248. The molecule has 23 heavy (non-hydrogen) atoms. The zero-order valence-electron chi connectivity index (χ0n) is 13.4. The fraction of sp³-hybridized carbons (Fsp3) is 0.368. The van der Waals surface area contributed by atoms with Gasteiger partial charge < -0.3 is 4.74 Å².